The highest BCUT2D eigenvalue weighted by molar-refractivity contribution is 5.96. The number of hydrogen-bond donors (Lipinski definition) is 0. The van der Waals surface area contributed by atoms with E-state index >= 15 is 0 Å². The molecular weight excluding hydrogens is 320 g/mol. The van der Waals surface area contributed by atoms with Crippen LogP contribution in [0.3, 0.4) is 0 Å². The second-order valence-electron chi connectivity index (χ2n) is 8.18. The second kappa shape index (κ2) is 6.42. The smallest absolute Gasteiger partial charge is 0.155 e. The Hall–Kier alpha value is -2.36. The van der Waals surface area contributed by atoms with Crippen LogP contribution in [0.2, 0.25) is 0 Å². The Morgan fingerprint density at radius 2 is 1.92 bits per heavy atom. The Morgan fingerprint density at radius 1 is 1.12 bits per heavy atom. The third-order valence-corrected chi connectivity index (χ3v) is 5.24. The lowest BCUT2D eigenvalue weighted by atomic mass is 9.86. The van der Waals surface area contributed by atoms with E-state index in [1.165, 1.54) is 16.8 Å². The molecule has 0 saturated carbocycles. The van der Waals surface area contributed by atoms with Gasteiger partial charge in [0.15, 0.2) is 5.82 Å². The lowest BCUT2D eigenvalue weighted by Gasteiger charge is -2.17. The summed E-state index contributed by atoms with van der Waals surface area (Å²) in [5.74, 6) is 3.28. The molecule has 3 heterocycles. The zero-order chi connectivity index (χ0) is 18.4. The third kappa shape index (κ3) is 2.87. The zero-order valence-electron chi connectivity index (χ0n) is 16.2. The summed E-state index contributed by atoms with van der Waals surface area (Å²) in [5.41, 5.74) is 7.07. The minimum atomic E-state index is 0.364. The summed E-state index contributed by atoms with van der Waals surface area (Å²) in [7, 11) is 0. The first kappa shape index (κ1) is 17.1. The van der Waals surface area contributed by atoms with Crippen LogP contribution in [-0.4, -0.2) is 20.7 Å². The Morgan fingerprint density at radius 3 is 2.65 bits per heavy atom. The molecule has 1 atom stereocenters. The maximum Gasteiger partial charge on any atom is 0.155 e. The van der Waals surface area contributed by atoms with Crippen molar-refractivity contribution >= 4 is 17.1 Å². The Balaban J connectivity index is 1.68. The van der Waals surface area contributed by atoms with Gasteiger partial charge in [0.05, 0.1) is 5.69 Å². The number of aromatic nitrogens is 3. The molecule has 0 radical (unpaired) electrons. The van der Waals surface area contributed by atoms with Crippen molar-refractivity contribution in [1.82, 2.24) is 15.0 Å². The first-order valence-electron chi connectivity index (χ1n) is 9.55. The molecule has 1 aliphatic heterocycles. The molecule has 2 aromatic heterocycles. The summed E-state index contributed by atoms with van der Waals surface area (Å²) < 4.78 is 0. The van der Waals surface area contributed by atoms with Gasteiger partial charge in [-0.1, -0.05) is 33.8 Å². The van der Waals surface area contributed by atoms with E-state index in [0.29, 0.717) is 17.8 Å². The number of nitrogens with zero attached hydrogens (tertiary/aromatic N) is 4. The van der Waals surface area contributed by atoms with E-state index in [9.17, 15) is 0 Å². The molecule has 2 aromatic rings. The minimum absolute atomic E-state index is 0.364. The van der Waals surface area contributed by atoms with Gasteiger partial charge in [0.25, 0.3) is 0 Å². The van der Waals surface area contributed by atoms with Crippen molar-refractivity contribution in [3.8, 4) is 0 Å². The van der Waals surface area contributed by atoms with Gasteiger partial charge in [0.1, 0.15) is 5.82 Å². The van der Waals surface area contributed by atoms with Crippen molar-refractivity contribution in [3.05, 3.63) is 52.7 Å². The topological polar surface area (TPSA) is 51.0 Å². The molecule has 0 bridgehead atoms. The maximum absolute atomic E-state index is 4.79. The Kier molecular flexibility index (Phi) is 4.22. The Labute approximate surface area is 155 Å². The van der Waals surface area contributed by atoms with Gasteiger partial charge in [-0.25, -0.2) is 19.9 Å². The van der Waals surface area contributed by atoms with Gasteiger partial charge in [-0.2, -0.15) is 0 Å². The molecule has 134 valence electrons. The van der Waals surface area contributed by atoms with Gasteiger partial charge in [0, 0.05) is 53.6 Å². The van der Waals surface area contributed by atoms with E-state index in [1.54, 1.807) is 0 Å². The molecule has 0 N–H and O–H groups in total. The average molecular weight is 346 g/mol. The highest BCUT2D eigenvalue weighted by Gasteiger charge is 2.29. The van der Waals surface area contributed by atoms with E-state index in [4.69, 9.17) is 4.98 Å². The van der Waals surface area contributed by atoms with Crippen molar-refractivity contribution in [2.75, 3.05) is 0 Å². The number of fused-ring (bicyclic) bond motifs is 2. The van der Waals surface area contributed by atoms with E-state index in [2.05, 4.69) is 61.7 Å². The van der Waals surface area contributed by atoms with Crippen LogP contribution in [0.15, 0.2) is 29.5 Å². The Bertz CT molecular complexity index is 922. The number of allylic oxidation sites excluding steroid dienone is 1. The fraction of sp³-hybridized carbons (Fsp3) is 0.455. The first-order valence-corrected chi connectivity index (χ1v) is 9.55. The molecule has 0 amide bonds. The summed E-state index contributed by atoms with van der Waals surface area (Å²) in [6.07, 6.45) is 8.00. The lowest BCUT2D eigenvalue weighted by Crippen LogP contribution is -2.11. The van der Waals surface area contributed by atoms with Gasteiger partial charge in [0.2, 0.25) is 0 Å². The fourth-order valence-corrected chi connectivity index (χ4v) is 4.13. The van der Waals surface area contributed by atoms with E-state index in [0.717, 1.165) is 41.3 Å². The molecule has 4 rings (SSSR count). The van der Waals surface area contributed by atoms with Gasteiger partial charge in [-0.05, 0) is 30.4 Å². The monoisotopic (exact) mass is 346 g/mol. The summed E-state index contributed by atoms with van der Waals surface area (Å²) in [6.45, 7) is 11.0. The van der Waals surface area contributed by atoms with Crippen molar-refractivity contribution in [1.29, 1.82) is 0 Å². The molecule has 1 aliphatic carbocycles. The van der Waals surface area contributed by atoms with E-state index in [-0.39, 0.29) is 0 Å². The molecule has 0 saturated heterocycles. The molecule has 0 fully saturated rings. The maximum atomic E-state index is 4.79. The van der Waals surface area contributed by atoms with Crippen LogP contribution in [-0.2, 0) is 12.8 Å². The highest BCUT2D eigenvalue weighted by Crippen LogP contribution is 2.41. The van der Waals surface area contributed by atoms with Crippen LogP contribution in [0.1, 0.15) is 68.7 Å². The largest absolute Gasteiger partial charge is 0.241 e. The summed E-state index contributed by atoms with van der Waals surface area (Å²) in [4.78, 5) is 18.7. The zero-order valence-corrected chi connectivity index (χ0v) is 16.2. The van der Waals surface area contributed by atoms with Gasteiger partial charge >= 0.3 is 0 Å². The number of rotatable bonds is 4. The molecule has 0 spiro atoms. The number of aliphatic imine (C=N–C) groups is 1. The van der Waals surface area contributed by atoms with Crippen molar-refractivity contribution in [3.63, 3.8) is 0 Å². The fourth-order valence-electron chi connectivity index (χ4n) is 4.13. The molecule has 4 heteroatoms. The van der Waals surface area contributed by atoms with Crippen LogP contribution in [0.25, 0.3) is 5.57 Å². The van der Waals surface area contributed by atoms with Gasteiger partial charge in [-0.15, -0.1) is 0 Å². The van der Waals surface area contributed by atoms with Crippen molar-refractivity contribution in [2.45, 2.75) is 53.4 Å². The lowest BCUT2D eigenvalue weighted by molar-refractivity contribution is 0.608. The molecule has 2 aliphatic rings. The van der Waals surface area contributed by atoms with E-state index < -0.39 is 0 Å². The summed E-state index contributed by atoms with van der Waals surface area (Å²) >= 11 is 0. The van der Waals surface area contributed by atoms with Crippen LogP contribution >= 0.6 is 0 Å². The first-order chi connectivity index (χ1) is 12.4. The molecule has 4 nitrogen and oxygen atoms in total. The molecular formula is C22H26N4. The summed E-state index contributed by atoms with van der Waals surface area (Å²) in [6, 6.07) is 2.27. The van der Waals surface area contributed by atoms with Crippen molar-refractivity contribution in [2.24, 2.45) is 16.8 Å². The standard InChI is InChI=1S/C22H26N4/c1-12(2)8-20-23-11-18-16(6-7-19(18)26-20)15-9-17-21(13(3)4)14(5)25-22(17)24-10-15/h6,9-13,21H,7-8H2,1-5H3. The number of hydrogen-bond acceptors (Lipinski definition) is 4. The molecule has 1 unspecified atom stereocenters. The van der Waals surface area contributed by atoms with Crippen LogP contribution in [0, 0.1) is 11.8 Å². The van der Waals surface area contributed by atoms with Crippen LogP contribution < -0.4 is 0 Å². The highest BCUT2D eigenvalue weighted by atomic mass is 14.9. The van der Waals surface area contributed by atoms with Gasteiger partial charge in [-0.3, -0.25) is 0 Å². The SMILES string of the molecule is CC1=Nc2ncc(C3=CCc4nc(CC(C)C)ncc43)cc2C1C(C)C. The van der Waals surface area contributed by atoms with Crippen LogP contribution in [0.5, 0.6) is 0 Å². The minimum Gasteiger partial charge on any atom is -0.241 e. The predicted molar refractivity (Wildman–Crippen MR) is 106 cm³/mol. The number of pyridine rings is 1. The third-order valence-electron chi connectivity index (χ3n) is 5.24. The van der Waals surface area contributed by atoms with Gasteiger partial charge < -0.3 is 0 Å². The normalized spacial score (nSPS) is 18.2. The van der Waals surface area contributed by atoms with E-state index in [1.807, 2.05) is 12.4 Å². The predicted octanol–water partition coefficient (Wildman–Crippen LogP) is 4.90. The van der Waals surface area contributed by atoms with Crippen LogP contribution in [0.4, 0.5) is 5.82 Å². The second-order valence-corrected chi connectivity index (χ2v) is 8.18. The molecule has 26 heavy (non-hydrogen) atoms. The summed E-state index contributed by atoms with van der Waals surface area (Å²) in [5, 5.41) is 0. The molecule has 0 aromatic carbocycles. The van der Waals surface area contributed by atoms with Crippen molar-refractivity contribution < 1.29 is 0 Å². The quantitative estimate of drug-likeness (QED) is 0.791. The average Bonchev–Trinajstić information content (AvgIpc) is 3.12.